The van der Waals surface area contributed by atoms with E-state index in [-0.39, 0.29) is 5.41 Å². The lowest BCUT2D eigenvalue weighted by Crippen LogP contribution is -2.64. The summed E-state index contributed by atoms with van der Waals surface area (Å²) in [7, 11) is 0. The number of hydrogen-bond donors (Lipinski definition) is 0. The first-order valence-corrected chi connectivity index (χ1v) is 10.5. The van der Waals surface area contributed by atoms with Crippen LogP contribution < -0.4 is 0 Å². The van der Waals surface area contributed by atoms with Crippen LogP contribution in [-0.2, 0) is 10.2 Å². The molecule has 4 heteroatoms. The highest BCUT2D eigenvalue weighted by Crippen LogP contribution is 2.42. The van der Waals surface area contributed by atoms with Crippen LogP contribution in [0, 0.1) is 17.2 Å². The highest BCUT2D eigenvalue weighted by Gasteiger charge is 2.46. The molecule has 2 saturated heterocycles. The van der Waals surface area contributed by atoms with Gasteiger partial charge in [0.25, 0.3) is 0 Å². The van der Waals surface area contributed by atoms with Crippen molar-refractivity contribution in [3.05, 3.63) is 48.4 Å². The van der Waals surface area contributed by atoms with Crippen molar-refractivity contribution in [3.63, 3.8) is 0 Å². The van der Waals surface area contributed by atoms with E-state index >= 15 is 0 Å². The molecule has 27 heavy (non-hydrogen) atoms. The van der Waals surface area contributed by atoms with Crippen LogP contribution in [0.4, 0.5) is 0 Å². The second-order valence-corrected chi connectivity index (χ2v) is 8.38. The van der Waals surface area contributed by atoms with E-state index in [4.69, 9.17) is 4.74 Å². The van der Waals surface area contributed by atoms with Crippen molar-refractivity contribution < 1.29 is 4.74 Å². The molecule has 2 unspecified atom stereocenters. The van der Waals surface area contributed by atoms with Crippen molar-refractivity contribution in [2.75, 3.05) is 26.2 Å². The maximum absolute atomic E-state index is 9.91. The van der Waals surface area contributed by atoms with Crippen molar-refractivity contribution in [1.82, 2.24) is 9.80 Å². The summed E-state index contributed by atoms with van der Waals surface area (Å²) in [6.45, 7) is 10.2. The van der Waals surface area contributed by atoms with Crippen LogP contribution in [0.15, 0.2) is 42.8 Å². The molecule has 1 saturated carbocycles. The third-order valence-electron chi connectivity index (χ3n) is 7.05. The Morgan fingerprint density at radius 1 is 1.22 bits per heavy atom. The highest BCUT2D eigenvalue weighted by atomic mass is 16.5. The molecule has 144 valence electrons. The van der Waals surface area contributed by atoms with E-state index in [0.717, 1.165) is 50.6 Å². The van der Waals surface area contributed by atoms with Crippen molar-refractivity contribution in [2.24, 2.45) is 5.92 Å². The van der Waals surface area contributed by atoms with Gasteiger partial charge in [0.1, 0.15) is 0 Å². The van der Waals surface area contributed by atoms with E-state index in [1.807, 2.05) is 13.0 Å². The molecule has 0 N–H and O–H groups in total. The van der Waals surface area contributed by atoms with E-state index in [2.05, 4.69) is 46.7 Å². The fourth-order valence-corrected chi connectivity index (χ4v) is 5.44. The molecule has 1 aromatic carbocycles. The zero-order valence-electron chi connectivity index (χ0n) is 16.4. The number of ether oxygens (including phenoxy) is 1. The Kier molecular flexibility index (Phi) is 5.14. The SMILES string of the molecule is C=C(OCC)N1CC2CN(C3CCC(C#N)(c4ccccc4)CC3)CCC21. The number of piperidine rings is 1. The summed E-state index contributed by atoms with van der Waals surface area (Å²) in [4.78, 5) is 5.05. The number of rotatable bonds is 5. The van der Waals surface area contributed by atoms with Gasteiger partial charge in [-0.15, -0.1) is 0 Å². The fourth-order valence-electron chi connectivity index (χ4n) is 5.44. The topological polar surface area (TPSA) is 39.5 Å². The number of benzene rings is 1. The predicted molar refractivity (Wildman–Crippen MR) is 107 cm³/mol. The Balaban J connectivity index is 1.33. The fraction of sp³-hybridized carbons (Fsp3) is 0.609. The number of likely N-dealkylation sites (tertiary alicyclic amines) is 2. The molecule has 3 fully saturated rings. The molecule has 2 atom stereocenters. The Labute approximate surface area is 163 Å². The minimum atomic E-state index is -0.279. The Bertz CT molecular complexity index is 702. The second-order valence-electron chi connectivity index (χ2n) is 8.38. The summed E-state index contributed by atoms with van der Waals surface area (Å²) in [6, 6.07) is 14.3. The average Bonchev–Trinajstić information content (AvgIpc) is 2.70. The van der Waals surface area contributed by atoms with Gasteiger partial charge in [0.2, 0.25) is 0 Å². The molecule has 2 heterocycles. The van der Waals surface area contributed by atoms with Crippen molar-refractivity contribution in [2.45, 2.75) is 56.5 Å². The maximum Gasteiger partial charge on any atom is 0.182 e. The number of hydrogen-bond acceptors (Lipinski definition) is 4. The molecule has 1 aliphatic carbocycles. The van der Waals surface area contributed by atoms with Crippen LogP contribution in [0.25, 0.3) is 0 Å². The molecular formula is C23H31N3O. The number of nitriles is 1. The average molecular weight is 366 g/mol. The Morgan fingerprint density at radius 2 is 1.96 bits per heavy atom. The molecule has 0 bridgehead atoms. The van der Waals surface area contributed by atoms with Gasteiger partial charge in [-0.1, -0.05) is 30.3 Å². The summed E-state index contributed by atoms with van der Waals surface area (Å²) < 4.78 is 5.60. The van der Waals surface area contributed by atoms with E-state index in [1.165, 1.54) is 18.5 Å². The van der Waals surface area contributed by atoms with Crippen LogP contribution in [0.1, 0.15) is 44.6 Å². The molecular weight excluding hydrogens is 334 g/mol. The molecule has 1 aromatic rings. The quantitative estimate of drug-likeness (QED) is 0.742. The molecule has 0 amide bonds. The first-order valence-electron chi connectivity index (χ1n) is 10.5. The largest absolute Gasteiger partial charge is 0.480 e. The zero-order valence-corrected chi connectivity index (χ0v) is 16.4. The van der Waals surface area contributed by atoms with E-state index < -0.39 is 0 Å². The summed E-state index contributed by atoms with van der Waals surface area (Å²) in [6.07, 6.45) is 5.44. The van der Waals surface area contributed by atoms with Crippen LogP contribution in [0.2, 0.25) is 0 Å². The molecule has 0 radical (unpaired) electrons. The summed E-state index contributed by atoms with van der Waals surface area (Å²) in [5.41, 5.74) is 0.923. The summed E-state index contributed by atoms with van der Waals surface area (Å²) >= 11 is 0. The normalized spacial score (nSPS) is 33.5. The Hall–Kier alpha value is -1.99. The minimum absolute atomic E-state index is 0.279. The van der Waals surface area contributed by atoms with E-state index in [9.17, 15) is 5.26 Å². The van der Waals surface area contributed by atoms with E-state index in [1.54, 1.807) is 0 Å². The maximum atomic E-state index is 9.91. The summed E-state index contributed by atoms with van der Waals surface area (Å²) in [5.74, 6) is 1.60. The van der Waals surface area contributed by atoms with Gasteiger partial charge < -0.3 is 9.64 Å². The number of fused-ring (bicyclic) bond motifs is 1. The van der Waals surface area contributed by atoms with Gasteiger partial charge in [0, 0.05) is 37.6 Å². The van der Waals surface area contributed by atoms with Crippen molar-refractivity contribution in [1.29, 1.82) is 5.26 Å². The van der Waals surface area contributed by atoms with Crippen LogP contribution >= 0.6 is 0 Å². The van der Waals surface area contributed by atoms with Gasteiger partial charge in [-0.3, -0.25) is 4.90 Å². The lowest BCUT2D eigenvalue weighted by Gasteiger charge is -2.56. The second kappa shape index (κ2) is 7.56. The lowest BCUT2D eigenvalue weighted by atomic mass is 9.68. The molecule has 3 aliphatic rings. The predicted octanol–water partition coefficient (Wildman–Crippen LogP) is 3.90. The third-order valence-corrected chi connectivity index (χ3v) is 7.05. The van der Waals surface area contributed by atoms with Crippen LogP contribution in [-0.4, -0.2) is 48.1 Å². The van der Waals surface area contributed by atoms with Crippen LogP contribution in [0.3, 0.4) is 0 Å². The number of nitrogens with zero attached hydrogens (tertiary/aromatic N) is 3. The van der Waals surface area contributed by atoms with E-state index in [0.29, 0.717) is 18.7 Å². The minimum Gasteiger partial charge on any atom is -0.480 e. The zero-order chi connectivity index (χ0) is 18.9. The van der Waals surface area contributed by atoms with Crippen LogP contribution in [0.5, 0.6) is 0 Å². The van der Waals surface area contributed by atoms with Gasteiger partial charge in [0.15, 0.2) is 5.88 Å². The Morgan fingerprint density at radius 3 is 2.59 bits per heavy atom. The smallest absolute Gasteiger partial charge is 0.182 e. The highest BCUT2D eigenvalue weighted by molar-refractivity contribution is 5.33. The molecule has 4 nitrogen and oxygen atoms in total. The standard InChI is InChI=1S/C23H31N3O/c1-3-27-18(2)26-16-19-15-25(14-11-22(19)26)21-9-12-23(17-24,13-10-21)20-7-5-4-6-8-20/h4-8,19,21-22H,2-3,9-16H2,1H3. The van der Waals surface area contributed by atoms with Gasteiger partial charge in [-0.2, -0.15) is 5.26 Å². The first-order chi connectivity index (χ1) is 13.2. The van der Waals surface area contributed by atoms with Crippen molar-refractivity contribution in [3.8, 4) is 6.07 Å². The lowest BCUT2D eigenvalue weighted by molar-refractivity contribution is -0.0701. The molecule has 0 aromatic heterocycles. The van der Waals surface area contributed by atoms with Crippen molar-refractivity contribution >= 4 is 0 Å². The monoisotopic (exact) mass is 365 g/mol. The first kappa shape index (κ1) is 18.4. The molecule has 2 aliphatic heterocycles. The molecule has 0 spiro atoms. The van der Waals surface area contributed by atoms with Gasteiger partial charge in [-0.05, 0) is 51.2 Å². The third kappa shape index (κ3) is 3.34. The molecule has 4 rings (SSSR count). The summed E-state index contributed by atoms with van der Waals surface area (Å²) in [5, 5.41) is 9.91. The van der Waals surface area contributed by atoms with Gasteiger partial charge in [0.05, 0.1) is 18.1 Å². The van der Waals surface area contributed by atoms with Gasteiger partial charge >= 0.3 is 0 Å². The van der Waals surface area contributed by atoms with Gasteiger partial charge in [-0.25, -0.2) is 0 Å².